The zero-order valence-electron chi connectivity index (χ0n) is 41.1. The minimum Gasteiger partial charge on any atom is -0.493 e. The first-order valence-corrected chi connectivity index (χ1v) is 24.9. The van der Waals surface area contributed by atoms with Crippen LogP contribution in [0.4, 0.5) is 21.9 Å². The van der Waals surface area contributed by atoms with Gasteiger partial charge in [-0.2, -0.15) is 0 Å². The minimum absolute atomic E-state index is 0.0628. The van der Waals surface area contributed by atoms with E-state index in [1.54, 1.807) is 47.4 Å². The minimum atomic E-state index is -0.992. The number of likely N-dealkylation sites (N-methyl/N-ethyl adjacent to an activating group) is 1. The number of hydrogen-bond acceptors (Lipinski definition) is 11. The number of carbonyl (C=O) groups excluding carboxylic acids is 2. The summed E-state index contributed by atoms with van der Waals surface area (Å²) < 4.78 is 23.8. The monoisotopic (exact) mass is 979 g/mol. The fraction of sp³-hybridized carbons (Fsp3) is 0.293. The molecule has 0 unspecified atom stereocenters. The van der Waals surface area contributed by atoms with Crippen LogP contribution in [-0.4, -0.2) is 141 Å². The van der Waals surface area contributed by atoms with Gasteiger partial charge in [-0.15, -0.1) is 0 Å². The molecule has 15 nitrogen and oxygen atoms in total. The third-order valence-corrected chi connectivity index (χ3v) is 14.7. The van der Waals surface area contributed by atoms with E-state index in [4.69, 9.17) is 28.9 Å². The molecule has 372 valence electrons. The highest BCUT2D eigenvalue weighted by Crippen LogP contribution is 2.46. The second-order valence-corrected chi connectivity index (χ2v) is 19.1. The van der Waals surface area contributed by atoms with Crippen LogP contribution in [0, 0.1) is 0 Å². The van der Waals surface area contributed by atoms with Crippen LogP contribution in [0.2, 0.25) is 0 Å². The Morgan fingerprint density at radius 2 is 1.26 bits per heavy atom. The van der Waals surface area contributed by atoms with Crippen LogP contribution in [0.25, 0.3) is 16.7 Å². The topological polar surface area (TPSA) is 149 Å². The molecule has 5 heterocycles. The number of rotatable bonds is 15. The molecule has 2 atom stereocenters. The molecule has 0 aromatic heterocycles. The first-order valence-electron chi connectivity index (χ1n) is 24.9. The number of carboxylic acid groups (broad SMARTS) is 1. The maximum atomic E-state index is 14.0. The van der Waals surface area contributed by atoms with Crippen LogP contribution in [-0.2, 0) is 0 Å². The van der Waals surface area contributed by atoms with E-state index >= 15 is 0 Å². The van der Waals surface area contributed by atoms with Gasteiger partial charge in [0, 0.05) is 101 Å². The Balaban J connectivity index is 0.691. The molecule has 0 spiro atoms. The molecule has 5 aromatic carbocycles. The Kier molecular flexibility index (Phi) is 13.0. The number of hydrogen-bond donors (Lipinski definition) is 1. The number of aliphatic imine (C=N–C) groups is 2. The number of carbonyl (C=O) groups is 3. The number of anilines is 1. The van der Waals surface area contributed by atoms with Crippen molar-refractivity contribution in [2.75, 3.05) is 78.6 Å². The largest absolute Gasteiger partial charge is 0.493 e. The van der Waals surface area contributed by atoms with Crippen molar-refractivity contribution < 1.29 is 38.4 Å². The second kappa shape index (κ2) is 20.1. The van der Waals surface area contributed by atoms with Crippen LogP contribution in [0.1, 0.15) is 62.6 Å². The van der Waals surface area contributed by atoms with Gasteiger partial charge in [-0.1, -0.05) is 72.8 Å². The van der Waals surface area contributed by atoms with Crippen molar-refractivity contribution in [2.45, 2.75) is 37.3 Å². The highest BCUT2D eigenvalue weighted by Gasteiger charge is 2.36. The molecule has 1 saturated heterocycles. The lowest BCUT2D eigenvalue weighted by Crippen LogP contribution is -2.44. The van der Waals surface area contributed by atoms with Crippen LogP contribution in [0.3, 0.4) is 0 Å². The number of allylic oxidation sites excluding steroid dienone is 1. The standard InChI is InChI=1S/C58H57N7O8/c1-61-20-22-62(23-21-61)40-17-15-38(16-18-40)39-27-42-33-60-51-31-55(53(71-3)29-48(51)57(67)65(42)35-39)73-25-9-24-72-54-30-50-47(28-52(54)70-2)56(66)64-34-37(26-41(64)32-59-50)10-8-19-63(58(68)69)36-49-45-13-6-4-11-43(45)44-12-5-7-14-46(44)49/h4-8,10-18,28-35,41-42,49H,9,19-27,36H2,1-3H3,(H,68,69)/t41-,42-/m0/s1. The molecule has 0 bridgehead atoms. The van der Waals surface area contributed by atoms with Crippen molar-refractivity contribution in [3.63, 3.8) is 0 Å². The summed E-state index contributed by atoms with van der Waals surface area (Å²) >= 11 is 0. The van der Waals surface area contributed by atoms with Crippen molar-refractivity contribution in [1.82, 2.24) is 19.6 Å². The van der Waals surface area contributed by atoms with E-state index in [0.29, 0.717) is 71.3 Å². The Morgan fingerprint density at radius 3 is 1.84 bits per heavy atom. The molecule has 1 N–H and O–H groups in total. The summed E-state index contributed by atoms with van der Waals surface area (Å²) in [6.45, 7) is 5.18. The van der Waals surface area contributed by atoms with Crippen molar-refractivity contribution >= 4 is 53.0 Å². The lowest BCUT2D eigenvalue weighted by Gasteiger charge is -2.34. The van der Waals surface area contributed by atoms with Crippen LogP contribution < -0.4 is 23.8 Å². The molecular weight excluding hydrogens is 923 g/mol. The normalized spacial score (nSPS) is 18.8. The van der Waals surface area contributed by atoms with Gasteiger partial charge >= 0.3 is 6.09 Å². The van der Waals surface area contributed by atoms with E-state index in [9.17, 15) is 19.5 Å². The lowest BCUT2D eigenvalue weighted by atomic mass is 9.96. The maximum absolute atomic E-state index is 14.0. The van der Waals surface area contributed by atoms with Crippen LogP contribution in [0.5, 0.6) is 23.0 Å². The molecule has 0 radical (unpaired) electrons. The summed E-state index contributed by atoms with van der Waals surface area (Å²) in [5.74, 6) is 1.29. The van der Waals surface area contributed by atoms with Crippen molar-refractivity contribution in [1.29, 1.82) is 0 Å². The van der Waals surface area contributed by atoms with Gasteiger partial charge in [0.25, 0.3) is 11.8 Å². The van der Waals surface area contributed by atoms with Gasteiger partial charge in [-0.05, 0) is 76.7 Å². The molecule has 0 saturated carbocycles. The fourth-order valence-electron chi connectivity index (χ4n) is 10.7. The highest BCUT2D eigenvalue weighted by molar-refractivity contribution is 6.06. The summed E-state index contributed by atoms with van der Waals surface area (Å²) in [7, 11) is 5.23. The highest BCUT2D eigenvalue weighted by atomic mass is 16.5. The van der Waals surface area contributed by atoms with Crippen molar-refractivity contribution in [3.8, 4) is 34.1 Å². The average molecular weight is 980 g/mol. The molecule has 1 aliphatic carbocycles. The average Bonchev–Trinajstić information content (AvgIpc) is 4.08. The molecule has 15 heteroatoms. The van der Waals surface area contributed by atoms with Gasteiger partial charge in [-0.3, -0.25) is 19.6 Å². The Hall–Kier alpha value is -8.17. The first kappa shape index (κ1) is 47.2. The molecule has 5 aromatic rings. The smallest absolute Gasteiger partial charge is 0.407 e. The predicted molar refractivity (Wildman–Crippen MR) is 282 cm³/mol. The van der Waals surface area contributed by atoms with Crippen molar-refractivity contribution in [3.05, 3.63) is 155 Å². The zero-order valence-corrected chi connectivity index (χ0v) is 41.1. The number of fused-ring (bicyclic) bond motifs is 7. The zero-order chi connectivity index (χ0) is 50.2. The van der Waals surface area contributed by atoms with Gasteiger partial charge < -0.3 is 48.6 Å². The summed E-state index contributed by atoms with van der Waals surface area (Å²) in [6, 6.07) is 31.3. The molecule has 1 fully saturated rings. The molecular formula is C58H57N7O8. The second-order valence-electron chi connectivity index (χ2n) is 19.1. The van der Waals surface area contributed by atoms with Gasteiger partial charge in [0.15, 0.2) is 23.0 Å². The van der Waals surface area contributed by atoms with E-state index in [1.807, 2.05) is 55.0 Å². The third kappa shape index (κ3) is 9.32. The van der Waals surface area contributed by atoms with Crippen LogP contribution >= 0.6 is 0 Å². The number of amides is 3. The summed E-state index contributed by atoms with van der Waals surface area (Å²) in [6.07, 6.45) is 11.8. The van der Waals surface area contributed by atoms with E-state index in [0.717, 1.165) is 65.1 Å². The van der Waals surface area contributed by atoms with Crippen molar-refractivity contribution in [2.24, 2.45) is 9.98 Å². The molecule has 11 rings (SSSR count). The van der Waals surface area contributed by atoms with Gasteiger partial charge in [0.1, 0.15) is 0 Å². The molecule has 6 aliphatic rings. The third-order valence-electron chi connectivity index (χ3n) is 14.7. The predicted octanol–water partition coefficient (Wildman–Crippen LogP) is 9.44. The number of benzene rings is 5. The van der Waals surface area contributed by atoms with Gasteiger partial charge in [0.2, 0.25) is 0 Å². The Morgan fingerprint density at radius 1 is 0.699 bits per heavy atom. The summed E-state index contributed by atoms with van der Waals surface area (Å²) in [5, 5.41) is 10.2. The van der Waals surface area contributed by atoms with E-state index in [1.165, 1.54) is 17.7 Å². The van der Waals surface area contributed by atoms with E-state index in [-0.39, 0.29) is 49.6 Å². The van der Waals surface area contributed by atoms with E-state index < -0.39 is 6.09 Å². The lowest BCUT2D eigenvalue weighted by molar-refractivity contribution is 0.0809. The quantitative estimate of drug-likeness (QED) is 0.101. The maximum Gasteiger partial charge on any atom is 0.407 e. The van der Waals surface area contributed by atoms with Crippen LogP contribution in [0.15, 0.2) is 137 Å². The summed E-state index contributed by atoms with van der Waals surface area (Å²) in [4.78, 5) is 59.7. The first-order chi connectivity index (χ1) is 35.6. The number of nitrogens with zero attached hydrogens (tertiary/aromatic N) is 7. The molecule has 3 amide bonds. The SMILES string of the molecule is COc1cc2c(cc1OCCCOc1cc3c(cc1OC)C(=O)N1C=C(c4ccc(N5CCN(C)CC5)cc4)C[C@H]1C=N3)N=C[C@@H]1CC(C=CCN(CC3c4ccccc4-c4ccccc43)C(=O)O)=CN1C2=O. The molecule has 73 heavy (non-hydrogen) atoms. The Bertz CT molecular complexity index is 3090. The van der Waals surface area contributed by atoms with Gasteiger partial charge in [-0.25, -0.2) is 4.79 Å². The van der Waals surface area contributed by atoms with E-state index in [2.05, 4.69) is 65.4 Å². The summed E-state index contributed by atoms with van der Waals surface area (Å²) in [5.41, 5.74) is 10.6. The fourth-order valence-corrected chi connectivity index (χ4v) is 10.7. The molecule has 5 aliphatic heterocycles. The number of piperazine rings is 1. The number of methoxy groups -OCH3 is 2. The van der Waals surface area contributed by atoms with Gasteiger partial charge in [0.05, 0.1) is 62.0 Å². The Labute approximate surface area is 424 Å². The number of ether oxygens (including phenoxy) is 4.